The number of alkyl halides is 3. The van der Waals surface area contributed by atoms with Gasteiger partial charge in [-0.05, 0) is 30.3 Å². The van der Waals surface area contributed by atoms with Gasteiger partial charge in [0.15, 0.2) is 0 Å². The minimum absolute atomic E-state index is 0.125. The average molecular weight is 319 g/mol. The van der Waals surface area contributed by atoms with Gasteiger partial charge >= 0.3 is 11.5 Å². The Hall–Kier alpha value is -1.72. The molecule has 1 aromatic carbocycles. The molecule has 1 rings (SSSR count). The Morgan fingerprint density at radius 2 is 2.14 bits per heavy atom. The molecule has 0 spiro atoms. The number of halogens is 3. The van der Waals surface area contributed by atoms with Crippen LogP contribution in [0.5, 0.6) is 0 Å². The van der Waals surface area contributed by atoms with Gasteiger partial charge in [0.2, 0.25) is 0 Å². The summed E-state index contributed by atoms with van der Waals surface area (Å²) in [6.45, 7) is 1.05. The van der Waals surface area contributed by atoms with Crippen LogP contribution in [-0.4, -0.2) is 23.2 Å². The number of benzene rings is 1. The summed E-state index contributed by atoms with van der Waals surface area (Å²) in [6, 6.07) is 4.14. The number of carbonyl (C=O) groups is 1. The molecule has 0 aromatic heterocycles. The Morgan fingerprint density at radius 1 is 1.48 bits per heavy atom. The summed E-state index contributed by atoms with van der Waals surface area (Å²) in [5, 5.41) is 18.3. The predicted molar refractivity (Wildman–Crippen MR) is 69.3 cm³/mol. The van der Waals surface area contributed by atoms with Crippen LogP contribution in [0.2, 0.25) is 0 Å². The number of esters is 1. The Bertz CT molecular complexity index is 567. The molecule has 0 saturated carbocycles. The molecule has 0 bridgehead atoms. The van der Waals surface area contributed by atoms with Gasteiger partial charge in [0.1, 0.15) is 0 Å². The van der Waals surface area contributed by atoms with Crippen LogP contribution in [0.1, 0.15) is 23.6 Å². The second-order valence-electron chi connectivity index (χ2n) is 3.88. The molecule has 0 saturated heterocycles. The number of aliphatic hydroxyl groups excluding tert-OH is 1. The summed E-state index contributed by atoms with van der Waals surface area (Å²) in [5.41, 5.74) is -4.56. The molecular weight excluding hydrogens is 307 g/mol. The first-order chi connectivity index (χ1) is 9.82. The minimum atomic E-state index is -4.53. The first-order valence-electron chi connectivity index (χ1n) is 5.89. The molecule has 4 nitrogen and oxygen atoms in total. The van der Waals surface area contributed by atoms with E-state index in [2.05, 4.69) is 0 Å². The zero-order valence-electron chi connectivity index (χ0n) is 11.0. The van der Waals surface area contributed by atoms with E-state index in [4.69, 9.17) is 10.00 Å². The minimum Gasteiger partial charge on any atom is -0.466 e. The lowest BCUT2D eigenvalue weighted by molar-refractivity contribution is -0.142. The van der Waals surface area contributed by atoms with Crippen LogP contribution in [-0.2, 0) is 22.6 Å². The molecule has 21 heavy (non-hydrogen) atoms. The molecule has 0 amide bonds. The Kier molecular flexibility index (Phi) is 6.05. The maximum atomic E-state index is 12.4. The highest BCUT2D eigenvalue weighted by molar-refractivity contribution is 8.00. The zero-order valence-corrected chi connectivity index (χ0v) is 11.8. The molecule has 1 N–H and O–H groups in total. The summed E-state index contributed by atoms with van der Waals surface area (Å²) in [7, 11) is 0. The summed E-state index contributed by atoms with van der Waals surface area (Å²) < 4.78 is 42.0. The monoisotopic (exact) mass is 319 g/mol. The number of rotatable bonds is 5. The number of hydrogen-bond donors (Lipinski definition) is 1. The van der Waals surface area contributed by atoms with Gasteiger partial charge in [0.25, 0.3) is 0 Å². The summed E-state index contributed by atoms with van der Waals surface area (Å²) in [4.78, 5) is 11.2. The number of nitriles is 1. The van der Waals surface area contributed by atoms with Gasteiger partial charge in [-0.15, -0.1) is 0 Å². The highest BCUT2D eigenvalue weighted by Crippen LogP contribution is 2.40. The van der Waals surface area contributed by atoms with Crippen molar-refractivity contribution in [2.75, 3.05) is 6.61 Å². The number of thioether (sulfide) groups is 1. The van der Waals surface area contributed by atoms with E-state index in [9.17, 15) is 23.1 Å². The third kappa shape index (κ3) is 4.95. The molecule has 0 heterocycles. The van der Waals surface area contributed by atoms with Crippen molar-refractivity contribution in [2.45, 2.75) is 30.4 Å². The highest BCUT2D eigenvalue weighted by atomic mass is 32.2. The number of nitrogens with zero attached hydrogens (tertiary/aromatic N) is 1. The standard InChI is InChI=1S/C13H12F3NO3S/c1-2-20-12(19)5-8-3-4-11(21-13(14,15)16)10(7-18)9(8)6-17/h3-4,18H,2,5,7H2,1H3. The third-order valence-electron chi connectivity index (χ3n) is 2.49. The van der Waals surface area contributed by atoms with Crippen molar-refractivity contribution in [3.05, 3.63) is 28.8 Å². The van der Waals surface area contributed by atoms with Crippen LogP contribution in [0.3, 0.4) is 0 Å². The maximum Gasteiger partial charge on any atom is 0.446 e. The van der Waals surface area contributed by atoms with Crippen molar-refractivity contribution in [1.29, 1.82) is 5.26 Å². The van der Waals surface area contributed by atoms with E-state index in [0.29, 0.717) is 0 Å². The van der Waals surface area contributed by atoms with E-state index in [1.807, 2.05) is 0 Å². The molecule has 0 aliphatic heterocycles. The fourth-order valence-electron chi connectivity index (χ4n) is 1.71. The first kappa shape index (κ1) is 17.3. The van der Waals surface area contributed by atoms with Crippen molar-refractivity contribution in [3.8, 4) is 6.07 Å². The van der Waals surface area contributed by atoms with Crippen LogP contribution in [0.4, 0.5) is 13.2 Å². The molecule has 0 radical (unpaired) electrons. The van der Waals surface area contributed by atoms with E-state index in [0.717, 1.165) is 6.07 Å². The molecule has 0 unspecified atom stereocenters. The SMILES string of the molecule is CCOC(=O)Cc1ccc(SC(F)(F)F)c(CO)c1C#N. The van der Waals surface area contributed by atoms with E-state index in [1.165, 1.54) is 6.07 Å². The normalized spacial score (nSPS) is 11.0. The van der Waals surface area contributed by atoms with E-state index in [1.54, 1.807) is 13.0 Å². The molecule has 0 aliphatic rings. The van der Waals surface area contributed by atoms with Crippen molar-refractivity contribution in [3.63, 3.8) is 0 Å². The third-order valence-corrected chi connectivity index (χ3v) is 3.33. The smallest absolute Gasteiger partial charge is 0.446 e. The van der Waals surface area contributed by atoms with E-state index in [-0.39, 0.29) is 34.6 Å². The molecule has 0 aliphatic carbocycles. The summed E-state index contributed by atoms with van der Waals surface area (Å²) in [5.74, 6) is -0.589. The van der Waals surface area contributed by atoms with Gasteiger partial charge in [0, 0.05) is 10.5 Å². The molecule has 0 fully saturated rings. The van der Waals surface area contributed by atoms with Crippen molar-refractivity contribution in [2.24, 2.45) is 0 Å². The number of carbonyl (C=O) groups excluding carboxylic acids is 1. The van der Waals surface area contributed by atoms with Crippen molar-refractivity contribution < 1.29 is 27.8 Å². The first-order valence-corrected chi connectivity index (χ1v) is 6.71. The van der Waals surface area contributed by atoms with Crippen LogP contribution in [0.25, 0.3) is 0 Å². The number of hydrogen-bond acceptors (Lipinski definition) is 5. The fourth-order valence-corrected chi connectivity index (χ4v) is 2.38. The van der Waals surface area contributed by atoms with E-state index < -0.39 is 29.8 Å². The fraction of sp³-hybridized carbons (Fsp3) is 0.385. The second kappa shape index (κ2) is 7.33. The van der Waals surface area contributed by atoms with Gasteiger partial charge in [0.05, 0.1) is 31.3 Å². The maximum absolute atomic E-state index is 12.4. The number of aliphatic hydroxyl groups is 1. The Morgan fingerprint density at radius 3 is 2.62 bits per heavy atom. The van der Waals surface area contributed by atoms with Gasteiger partial charge in [-0.1, -0.05) is 6.07 Å². The van der Waals surface area contributed by atoms with Gasteiger partial charge in [-0.3, -0.25) is 4.79 Å². The van der Waals surface area contributed by atoms with Crippen LogP contribution in [0.15, 0.2) is 17.0 Å². The predicted octanol–water partition coefficient (Wildman–Crippen LogP) is 2.77. The quantitative estimate of drug-likeness (QED) is 0.667. The zero-order chi connectivity index (χ0) is 16.0. The highest BCUT2D eigenvalue weighted by Gasteiger charge is 2.31. The van der Waals surface area contributed by atoms with Gasteiger partial charge in [-0.25, -0.2) is 0 Å². The van der Waals surface area contributed by atoms with Gasteiger partial charge in [-0.2, -0.15) is 18.4 Å². The molecule has 1 aromatic rings. The van der Waals surface area contributed by atoms with Crippen LogP contribution < -0.4 is 0 Å². The van der Waals surface area contributed by atoms with Gasteiger partial charge < -0.3 is 9.84 Å². The van der Waals surface area contributed by atoms with Crippen LogP contribution in [0, 0.1) is 11.3 Å². The summed E-state index contributed by atoms with van der Waals surface area (Å²) >= 11 is -0.408. The second-order valence-corrected chi connectivity index (χ2v) is 4.98. The van der Waals surface area contributed by atoms with E-state index >= 15 is 0 Å². The van der Waals surface area contributed by atoms with Crippen molar-refractivity contribution >= 4 is 17.7 Å². The van der Waals surface area contributed by atoms with Crippen molar-refractivity contribution in [1.82, 2.24) is 0 Å². The Balaban J connectivity index is 3.20. The lowest BCUT2D eigenvalue weighted by Gasteiger charge is -2.13. The molecule has 8 heteroatoms. The summed E-state index contributed by atoms with van der Waals surface area (Å²) in [6.07, 6.45) is -0.235. The average Bonchev–Trinajstić information content (AvgIpc) is 2.38. The van der Waals surface area contributed by atoms with Crippen LogP contribution >= 0.6 is 11.8 Å². The molecular formula is C13H12F3NO3S. The Labute approximate surface area is 123 Å². The largest absolute Gasteiger partial charge is 0.466 e. The molecule has 0 atom stereocenters. The molecule has 114 valence electrons. The topological polar surface area (TPSA) is 70.3 Å². The number of ether oxygens (including phenoxy) is 1. The lowest BCUT2D eigenvalue weighted by atomic mass is 10.00. The lowest BCUT2D eigenvalue weighted by Crippen LogP contribution is -2.11.